The Hall–Kier alpha value is -3.55. The van der Waals surface area contributed by atoms with Crippen molar-refractivity contribution in [3.8, 4) is 5.75 Å². The van der Waals surface area contributed by atoms with Crippen LogP contribution in [0.3, 0.4) is 0 Å². The van der Waals surface area contributed by atoms with Crippen molar-refractivity contribution >= 4 is 17.0 Å². The summed E-state index contributed by atoms with van der Waals surface area (Å²) < 4.78 is 7.37. The lowest BCUT2D eigenvalue weighted by Gasteiger charge is -2.02. The minimum atomic E-state index is -0.809. The Morgan fingerprint density at radius 3 is 2.33 bits per heavy atom. The van der Waals surface area contributed by atoms with Crippen LogP contribution in [-0.4, -0.2) is 24.7 Å². The zero-order valence-electron chi connectivity index (χ0n) is 12.5. The fourth-order valence-electron chi connectivity index (χ4n) is 2.58. The number of rotatable bonds is 2. The van der Waals surface area contributed by atoms with Crippen LogP contribution in [-0.2, 0) is 0 Å². The van der Waals surface area contributed by atoms with Gasteiger partial charge in [-0.15, -0.1) is 0 Å². The van der Waals surface area contributed by atoms with Crippen molar-refractivity contribution in [2.24, 2.45) is 0 Å². The molecule has 3 heterocycles. The highest BCUT2D eigenvalue weighted by Crippen LogP contribution is 2.13. The second-order valence-electron chi connectivity index (χ2n) is 5.17. The molecule has 0 saturated heterocycles. The Morgan fingerprint density at radius 2 is 1.58 bits per heavy atom. The van der Waals surface area contributed by atoms with Gasteiger partial charge in [-0.05, 0) is 19.1 Å². The van der Waals surface area contributed by atoms with E-state index >= 15 is 0 Å². The molecule has 118 valence electrons. The second-order valence-corrected chi connectivity index (χ2v) is 5.17. The van der Waals surface area contributed by atoms with Crippen LogP contribution >= 0.6 is 0 Å². The summed E-state index contributed by atoms with van der Waals surface area (Å²) in [5, 5.41) is 0. The number of carbonyl (C=O) groups excluding carboxylic acids is 1. The minimum absolute atomic E-state index is 0.133. The molecule has 8 nitrogen and oxygen atoms in total. The van der Waals surface area contributed by atoms with Crippen LogP contribution in [0.1, 0.15) is 16.2 Å². The largest absolute Gasteiger partial charge is 0.422 e. The van der Waals surface area contributed by atoms with Gasteiger partial charge in [0.15, 0.2) is 5.69 Å². The molecule has 0 spiro atoms. The van der Waals surface area contributed by atoms with Gasteiger partial charge < -0.3 is 4.74 Å². The van der Waals surface area contributed by atoms with Crippen LogP contribution in [0.25, 0.3) is 11.0 Å². The fourth-order valence-corrected chi connectivity index (χ4v) is 2.58. The summed E-state index contributed by atoms with van der Waals surface area (Å²) in [5.41, 5.74) is -0.775. The van der Waals surface area contributed by atoms with Gasteiger partial charge in [0.2, 0.25) is 0 Å². The third kappa shape index (κ3) is 1.89. The van der Waals surface area contributed by atoms with Crippen molar-refractivity contribution in [2.75, 3.05) is 0 Å². The van der Waals surface area contributed by atoms with Gasteiger partial charge in [-0.25, -0.2) is 14.8 Å². The maximum absolute atomic E-state index is 12.6. The van der Waals surface area contributed by atoms with Gasteiger partial charge in [0, 0.05) is 0 Å². The Bertz CT molecular complexity index is 1190. The molecule has 0 atom stereocenters. The van der Waals surface area contributed by atoms with E-state index in [-0.39, 0.29) is 16.7 Å². The summed E-state index contributed by atoms with van der Waals surface area (Å²) in [6.45, 7) is 1.63. The van der Waals surface area contributed by atoms with E-state index in [2.05, 4.69) is 9.97 Å². The Kier molecular flexibility index (Phi) is 2.92. The highest BCUT2D eigenvalue weighted by atomic mass is 16.5. The average Bonchev–Trinajstić information content (AvgIpc) is 3.18. The first-order chi connectivity index (χ1) is 11.6. The number of imidazole rings is 2. The topological polar surface area (TPSA) is 95.0 Å². The summed E-state index contributed by atoms with van der Waals surface area (Å²) in [4.78, 5) is 45.3. The molecule has 0 aliphatic heterocycles. The Balaban J connectivity index is 1.93. The molecule has 0 fully saturated rings. The van der Waals surface area contributed by atoms with Crippen LogP contribution in [0.4, 0.5) is 0 Å². The molecule has 0 radical (unpaired) electrons. The maximum Gasteiger partial charge on any atom is 0.364 e. The second kappa shape index (κ2) is 4.98. The van der Waals surface area contributed by atoms with Crippen molar-refractivity contribution < 1.29 is 9.53 Å². The summed E-state index contributed by atoms with van der Waals surface area (Å²) in [6, 6.07) is 8.40. The maximum atomic E-state index is 12.6. The van der Waals surface area contributed by atoms with Crippen LogP contribution in [0.15, 0.2) is 52.6 Å². The molecule has 0 aliphatic rings. The van der Waals surface area contributed by atoms with Gasteiger partial charge in [0.05, 0.1) is 5.69 Å². The summed E-state index contributed by atoms with van der Waals surface area (Å²) in [6.07, 6.45) is 2.40. The molecule has 3 aromatic heterocycles. The van der Waals surface area contributed by atoms with Crippen molar-refractivity contribution in [2.45, 2.75) is 6.92 Å². The van der Waals surface area contributed by atoms with Crippen molar-refractivity contribution in [3.05, 3.63) is 75.1 Å². The normalized spacial score (nSPS) is 11.2. The first-order valence-electron chi connectivity index (χ1n) is 7.06. The molecular weight excluding hydrogens is 312 g/mol. The summed E-state index contributed by atoms with van der Waals surface area (Å²) >= 11 is 0. The van der Waals surface area contributed by atoms with Gasteiger partial charge in [0.25, 0.3) is 11.1 Å². The number of para-hydroxylation sites is 1. The quantitative estimate of drug-likeness (QED) is 0.397. The molecule has 0 saturated carbocycles. The molecule has 0 N–H and O–H groups in total. The number of aryl methyl sites for hydroxylation is 1. The zero-order valence-corrected chi connectivity index (χ0v) is 12.5. The molecule has 24 heavy (non-hydrogen) atoms. The van der Waals surface area contributed by atoms with Gasteiger partial charge in [-0.1, -0.05) is 18.2 Å². The molecule has 0 aliphatic carbocycles. The molecule has 4 aromatic rings. The number of carbonyl (C=O) groups is 1. The van der Waals surface area contributed by atoms with E-state index in [0.29, 0.717) is 11.4 Å². The van der Waals surface area contributed by atoms with Gasteiger partial charge in [0.1, 0.15) is 29.4 Å². The van der Waals surface area contributed by atoms with Crippen molar-refractivity contribution in [1.29, 1.82) is 0 Å². The monoisotopic (exact) mass is 322 g/mol. The van der Waals surface area contributed by atoms with E-state index in [1.54, 1.807) is 37.3 Å². The Labute approximate surface area is 133 Å². The standard InChI is InChI=1S/C16H10N4O4/c1-9-12-14(21)20-8-18-11(13(20)15(22)19(12)7-17-9)16(23)24-10-5-3-2-4-6-10/h2-8H,1H3. The predicted molar refractivity (Wildman–Crippen MR) is 83.8 cm³/mol. The number of hydrogen-bond acceptors (Lipinski definition) is 6. The molecular formula is C16H10N4O4. The van der Waals surface area contributed by atoms with E-state index in [0.717, 1.165) is 15.1 Å². The summed E-state index contributed by atoms with van der Waals surface area (Å²) in [7, 11) is 0. The van der Waals surface area contributed by atoms with Gasteiger partial charge in [-0.3, -0.25) is 18.4 Å². The van der Waals surface area contributed by atoms with E-state index in [1.165, 1.54) is 6.33 Å². The molecule has 4 rings (SSSR count). The SMILES string of the molecule is Cc1ncn2c(=O)c3c(C(=O)Oc4ccccc4)ncn3c(=O)c12. The van der Waals surface area contributed by atoms with E-state index in [1.807, 2.05) is 0 Å². The number of fused-ring (bicyclic) bond motifs is 2. The highest BCUT2D eigenvalue weighted by Gasteiger charge is 2.22. The highest BCUT2D eigenvalue weighted by molar-refractivity contribution is 5.96. The molecule has 0 unspecified atom stereocenters. The third-order valence-corrected chi connectivity index (χ3v) is 3.71. The van der Waals surface area contributed by atoms with Crippen molar-refractivity contribution in [1.82, 2.24) is 18.8 Å². The lowest BCUT2D eigenvalue weighted by molar-refractivity contribution is 0.0731. The average molecular weight is 322 g/mol. The number of aromatic nitrogens is 4. The number of ether oxygens (including phenoxy) is 1. The first-order valence-corrected chi connectivity index (χ1v) is 7.06. The number of hydrogen-bond donors (Lipinski definition) is 0. The van der Waals surface area contributed by atoms with Crippen LogP contribution in [0, 0.1) is 6.92 Å². The van der Waals surface area contributed by atoms with Crippen molar-refractivity contribution in [3.63, 3.8) is 0 Å². The van der Waals surface area contributed by atoms with Crippen LogP contribution in [0.5, 0.6) is 5.75 Å². The minimum Gasteiger partial charge on any atom is -0.422 e. The van der Waals surface area contributed by atoms with E-state index < -0.39 is 17.1 Å². The number of esters is 1. The first kappa shape index (κ1) is 14.1. The molecule has 0 amide bonds. The third-order valence-electron chi connectivity index (χ3n) is 3.71. The molecule has 0 bridgehead atoms. The lowest BCUT2D eigenvalue weighted by Crippen LogP contribution is -2.27. The number of benzene rings is 1. The van der Waals surface area contributed by atoms with Crippen LogP contribution in [0.2, 0.25) is 0 Å². The Morgan fingerprint density at radius 1 is 0.958 bits per heavy atom. The van der Waals surface area contributed by atoms with Crippen LogP contribution < -0.4 is 15.9 Å². The van der Waals surface area contributed by atoms with Gasteiger partial charge >= 0.3 is 5.97 Å². The van der Waals surface area contributed by atoms with E-state index in [4.69, 9.17) is 4.74 Å². The lowest BCUT2D eigenvalue weighted by atomic mass is 10.3. The zero-order chi connectivity index (χ0) is 16.8. The fraction of sp³-hybridized carbons (Fsp3) is 0.0625. The number of nitrogens with zero attached hydrogens (tertiary/aromatic N) is 4. The molecule has 8 heteroatoms. The van der Waals surface area contributed by atoms with E-state index in [9.17, 15) is 14.4 Å². The smallest absolute Gasteiger partial charge is 0.364 e. The summed E-state index contributed by atoms with van der Waals surface area (Å²) in [5.74, 6) is -0.491. The molecule has 1 aromatic carbocycles. The van der Waals surface area contributed by atoms with Gasteiger partial charge in [-0.2, -0.15) is 0 Å². The predicted octanol–water partition coefficient (Wildman–Crippen LogP) is 0.668.